The number of methoxy groups -OCH3 is 1. The first-order valence-corrected chi connectivity index (χ1v) is 7.23. The van der Waals surface area contributed by atoms with Gasteiger partial charge in [-0.05, 0) is 24.1 Å². The highest BCUT2D eigenvalue weighted by molar-refractivity contribution is 6.05. The molecule has 0 radical (unpaired) electrons. The standard InChI is InChI=1S/C17H16O7/c1-23-13-6-12(20)14-15(21)9(7-24-17(14)16(13)22)4-8-2-3-10(18)11(19)5-8/h2-3,5-6,9,18-20,22H,4,7H2,1H3/t9-/m1/s1. The van der Waals surface area contributed by atoms with Gasteiger partial charge in [0.2, 0.25) is 5.75 Å². The molecule has 7 heteroatoms. The number of rotatable bonds is 3. The van der Waals surface area contributed by atoms with Crippen LogP contribution in [0, 0.1) is 5.92 Å². The van der Waals surface area contributed by atoms with E-state index >= 15 is 0 Å². The van der Waals surface area contributed by atoms with Crippen molar-refractivity contribution in [3.8, 4) is 34.5 Å². The van der Waals surface area contributed by atoms with Gasteiger partial charge < -0.3 is 29.9 Å². The second-order valence-electron chi connectivity index (χ2n) is 5.55. The molecule has 3 rings (SSSR count). The fourth-order valence-electron chi connectivity index (χ4n) is 2.74. The van der Waals surface area contributed by atoms with Crippen LogP contribution >= 0.6 is 0 Å². The number of phenolic OH excluding ortho intramolecular Hbond substituents is 4. The maximum Gasteiger partial charge on any atom is 0.201 e. The van der Waals surface area contributed by atoms with E-state index in [0.29, 0.717) is 5.56 Å². The van der Waals surface area contributed by atoms with E-state index in [9.17, 15) is 25.2 Å². The molecular formula is C17H16O7. The van der Waals surface area contributed by atoms with Crippen LogP contribution < -0.4 is 9.47 Å². The maximum absolute atomic E-state index is 12.6. The van der Waals surface area contributed by atoms with Crippen molar-refractivity contribution < 1.29 is 34.7 Å². The zero-order valence-corrected chi connectivity index (χ0v) is 12.8. The minimum absolute atomic E-state index is 0.00758. The fourth-order valence-corrected chi connectivity index (χ4v) is 2.74. The Bertz CT molecular complexity index is 813. The van der Waals surface area contributed by atoms with Gasteiger partial charge in [-0.3, -0.25) is 4.79 Å². The minimum atomic E-state index is -0.597. The molecule has 1 atom stereocenters. The van der Waals surface area contributed by atoms with Crippen LogP contribution in [0.5, 0.6) is 34.5 Å². The third kappa shape index (κ3) is 2.54. The molecule has 0 bridgehead atoms. The fraction of sp³-hybridized carbons (Fsp3) is 0.235. The Hall–Kier alpha value is -3.09. The van der Waals surface area contributed by atoms with Crippen molar-refractivity contribution in [2.75, 3.05) is 13.7 Å². The van der Waals surface area contributed by atoms with E-state index in [1.165, 1.54) is 19.2 Å². The quantitative estimate of drug-likeness (QED) is 0.501. The molecule has 0 fully saturated rings. The number of hydrogen-bond acceptors (Lipinski definition) is 7. The lowest BCUT2D eigenvalue weighted by Crippen LogP contribution is -2.29. The molecule has 126 valence electrons. The molecule has 1 heterocycles. The smallest absolute Gasteiger partial charge is 0.201 e. The molecule has 1 aliphatic heterocycles. The second-order valence-corrected chi connectivity index (χ2v) is 5.55. The van der Waals surface area contributed by atoms with Gasteiger partial charge in [0.25, 0.3) is 0 Å². The summed E-state index contributed by atoms with van der Waals surface area (Å²) in [6, 6.07) is 5.44. The molecule has 0 aliphatic carbocycles. The number of fused-ring (bicyclic) bond motifs is 1. The summed E-state index contributed by atoms with van der Waals surface area (Å²) in [6.07, 6.45) is 0.248. The summed E-state index contributed by atoms with van der Waals surface area (Å²) in [5.74, 6) is -2.24. The largest absolute Gasteiger partial charge is 0.507 e. The van der Waals surface area contributed by atoms with Crippen LogP contribution in [0.4, 0.5) is 0 Å². The van der Waals surface area contributed by atoms with Gasteiger partial charge in [-0.2, -0.15) is 0 Å². The molecule has 0 spiro atoms. The van der Waals surface area contributed by atoms with Crippen LogP contribution in [-0.2, 0) is 6.42 Å². The number of carbonyl (C=O) groups excluding carboxylic acids is 1. The summed E-state index contributed by atoms with van der Waals surface area (Å²) in [7, 11) is 1.33. The van der Waals surface area contributed by atoms with Crippen molar-refractivity contribution in [1.29, 1.82) is 0 Å². The van der Waals surface area contributed by atoms with Gasteiger partial charge in [-0.25, -0.2) is 0 Å². The lowest BCUT2D eigenvalue weighted by atomic mass is 9.88. The van der Waals surface area contributed by atoms with Crippen LogP contribution in [0.2, 0.25) is 0 Å². The van der Waals surface area contributed by atoms with Crippen LogP contribution in [0.15, 0.2) is 24.3 Å². The van der Waals surface area contributed by atoms with Crippen molar-refractivity contribution in [1.82, 2.24) is 0 Å². The van der Waals surface area contributed by atoms with Crippen molar-refractivity contribution in [3.05, 3.63) is 35.4 Å². The van der Waals surface area contributed by atoms with Gasteiger partial charge in [-0.15, -0.1) is 0 Å². The number of benzene rings is 2. The third-order valence-electron chi connectivity index (χ3n) is 3.99. The number of carbonyl (C=O) groups is 1. The zero-order valence-electron chi connectivity index (χ0n) is 12.8. The second kappa shape index (κ2) is 5.84. The lowest BCUT2D eigenvalue weighted by Gasteiger charge is -2.26. The molecule has 0 unspecified atom stereocenters. The van der Waals surface area contributed by atoms with Gasteiger partial charge in [0.1, 0.15) is 11.3 Å². The molecule has 24 heavy (non-hydrogen) atoms. The van der Waals surface area contributed by atoms with E-state index in [1.54, 1.807) is 6.07 Å². The number of hydrogen-bond donors (Lipinski definition) is 4. The van der Waals surface area contributed by atoms with Gasteiger partial charge in [0, 0.05) is 6.07 Å². The van der Waals surface area contributed by atoms with Crippen LogP contribution in [-0.4, -0.2) is 39.9 Å². The average Bonchev–Trinajstić information content (AvgIpc) is 2.56. The van der Waals surface area contributed by atoms with Crippen LogP contribution in [0.3, 0.4) is 0 Å². The molecule has 0 saturated heterocycles. The summed E-state index contributed by atoms with van der Waals surface area (Å²) >= 11 is 0. The molecular weight excluding hydrogens is 316 g/mol. The highest BCUT2D eigenvalue weighted by atomic mass is 16.5. The average molecular weight is 332 g/mol. The topological polar surface area (TPSA) is 116 Å². The Morgan fingerprint density at radius 2 is 1.88 bits per heavy atom. The Kier molecular flexibility index (Phi) is 3.84. The lowest BCUT2D eigenvalue weighted by molar-refractivity contribution is 0.0820. The third-order valence-corrected chi connectivity index (χ3v) is 3.99. The first kappa shape index (κ1) is 15.8. The van der Waals surface area contributed by atoms with Crippen molar-refractivity contribution in [2.24, 2.45) is 5.92 Å². The summed E-state index contributed by atoms with van der Waals surface area (Å²) in [4.78, 5) is 12.6. The molecule has 0 saturated carbocycles. The van der Waals surface area contributed by atoms with Crippen LogP contribution in [0.25, 0.3) is 0 Å². The van der Waals surface area contributed by atoms with E-state index < -0.39 is 5.92 Å². The minimum Gasteiger partial charge on any atom is -0.507 e. The van der Waals surface area contributed by atoms with E-state index in [4.69, 9.17) is 9.47 Å². The number of Topliss-reactive ketones (excluding diaryl/α,β-unsaturated/α-hetero) is 1. The predicted octanol–water partition coefficient (Wildman–Crippen LogP) is 1.95. The molecule has 2 aromatic rings. The van der Waals surface area contributed by atoms with Gasteiger partial charge >= 0.3 is 0 Å². The van der Waals surface area contributed by atoms with Gasteiger partial charge in [-0.1, -0.05) is 6.07 Å². The Morgan fingerprint density at radius 1 is 1.12 bits per heavy atom. The Labute approximate surface area is 137 Å². The van der Waals surface area contributed by atoms with E-state index in [1.807, 2.05) is 0 Å². The van der Waals surface area contributed by atoms with Crippen molar-refractivity contribution >= 4 is 5.78 Å². The molecule has 7 nitrogen and oxygen atoms in total. The summed E-state index contributed by atoms with van der Waals surface area (Å²) in [5, 5.41) is 39.0. The number of ketones is 1. The van der Waals surface area contributed by atoms with Gasteiger partial charge in [0.05, 0.1) is 19.6 Å². The van der Waals surface area contributed by atoms with E-state index in [2.05, 4.69) is 0 Å². The van der Waals surface area contributed by atoms with Crippen molar-refractivity contribution in [3.63, 3.8) is 0 Å². The molecule has 2 aromatic carbocycles. The monoisotopic (exact) mass is 332 g/mol. The van der Waals surface area contributed by atoms with Crippen molar-refractivity contribution in [2.45, 2.75) is 6.42 Å². The highest BCUT2D eigenvalue weighted by Crippen LogP contribution is 2.47. The molecule has 0 aromatic heterocycles. The number of ether oxygens (including phenoxy) is 2. The zero-order chi connectivity index (χ0) is 17.4. The van der Waals surface area contributed by atoms with Gasteiger partial charge in [0.15, 0.2) is 28.8 Å². The summed E-state index contributed by atoms with van der Waals surface area (Å²) in [6.45, 7) is 0.00758. The normalized spacial score (nSPS) is 16.4. The van der Waals surface area contributed by atoms with E-state index in [-0.39, 0.29) is 58.9 Å². The maximum atomic E-state index is 12.6. The first-order chi connectivity index (χ1) is 11.4. The van der Waals surface area contributed by atoms with Crippen LogP contribution in [0.1, 0.15) is 15.9 Å². The highest BCUT2D eigenvalue weighted by Gasteiger charge is 2.35. The van der Waals surface area contributed by atoms with E-state index in [0.717, 1.165) is 6.07 Å². The Morgan fingerprint density at radius 3 is 2.54 bits per heavy atom. The Balaban J connectivity index is 1.92. The summed E-state index contributed by atoms with van der Waals surface area (Å²) in [5.41, 5.74) is 0.542. The molecule has 1 aliphatic rings. The molecule has 4 N–H and O–H groups in total. The SMILES string of the molecule is COc1cc(O)c2c(c1O)OC[C@@H](Cc1ccc(O)c(O)c1)C2=O. The summed E-state index contributed by atoms with van der Waals surface area (Å²) < 4.78 is 10.4. The molecule has 0 amide bonds. The predicted molar refractivity (Wildman–Crippen MR) is 83.1 cm³/mol. The number of phenols is 4. The number of aromatic hydroxyl groups is 4. The first-order valence-electron chi connectivity index (χ1n) is 7.23.